The largest absolute Gasteiger partial charge is 0.493 e. The number of halogens is 1. The summed E-state index contributed by atoms with van der Waals surface area (Å²) in [7, 11) is 0. The Hall–Kier alpha value is -1.26. The molecular formula is C14H16ClNO3. The number of nitrogens with one attached hydrogen (secondary N) is 1. The molecule has 1 saturated heterocycles. The third-order valence-electron chi connectivity index (χ3n) is 3.55. The summed E-state index contributed by atoms with van der Waals surface area (Å²) in [4.78, 5) is 12.1. The second-order valence-corrected chi connectivity index (χ2v) is 5.32. The van der Waals surface area contributed by atoms with Gasteiger partial charge >= 0.3 is 0 Å². The van der Waals surface area contributed by atoms with Crippen molar-refractivity contribution in [3.8, 4) is 5.75 Å². The second-order valence-electron chi connectivity index (χ2n) is 4.88. The number of carbonyl (C=O) groups excluding carboxylic acids is 1. The quantitative estimate of drug-likeness (QED) is 0.906. The third kappa shape index (κ3) is 2.69. The summed E-state index contributed by atoms with van der Waals surface area (Å²) in [6.07, 6.45) is 2.21. The first-order valence-electron chi connectivity index (χ1n) is 6.58. The van der Waals surface area contributed by atoms with Gasteiger partial charge in [0, 0.05) is 23.6 Å². The van der Waals surface area contributed by atoms with Crippen molar-refractivity contribution in [3.63, 3.8) is 0 Å². The highest BCUT2D eigenvalue weighted by atomic mass is 35.5. The van der Waals surface area contributed by atoms with Crippen molar-refractivity contribution >= 4 is 17.5 Å². The Balaban J connectivity index is 1.75. The highest BCUT2D eigenvalue weighted by Gasteiger charge is 2.28. The predicted molar refractivity (Wildman–Crippen MR) is 71.4 cm³/mol. The van der Waals surface area contributed by atoms with Gasteiger partial charge < -0.3 is 14.8 Å². The Morgan fingerprint density at radius 1 is 1.32 bits per heavy atom. The third-order valence-corrected chi connectivity index (χ3v) is 3.79. The molecule has 0 spiro atoms. The van der Waals surface area contributed by atoms with Gasteiger partial charge in [0.2, 0.25) is 5.91 Å². The zero-order valence-corrected chi connectivity index (χ0v) is 11.3. The predicted octanol–water partition coefficient (Wildman–Crippen LogP) is 2.46. The molecule has 2 atom stereocenters. The molecule has 0 aromatic heterocycles. The van der Waals surface area contributed by atoms with E-state index in [1.54, 1.807) is 6.07 Å². The maximum Gasteiger partial charge on any atom is 0.249 e. The Labute approximate surface area is 117 Å². The molecule has 5 heteroatoms. The fraction of sp³-hybridized carbons (Fsp3) is 0.500. The van der Waals surface area contributed by atoms with Crippen molar-refractivity contribution in [1.29, 1.82) is 0 Å². The molecule has 1 fully saturated rings. The number of rotatable bonds is 2. The van der Waals surface area contributed by atoms with E-state index in [1.165, 1.54) is 0 Å². The van der Waals surface area contributed by atoms with E-state index >= 15 is 0 Å². The van der Waals surface area contributed by atoms with E-state index in [1.807, 2.05) is 12.1 Å². The first kappa shape index (κ1) is 12.8. The Kier molecular flexibility index (Phi) is 3.62. The van der Waals surface area contributed by atoms with Gasteiger partial charge in [-0.15, -0.1) is 0 Å². The molecule has 4 nitrogen and oxygen atoms in total. The zero-order valence-electron chi connectivity index (χ0n) is 10.5. The van der Waals surface area contributed by atoms with Gasteiger partial charge in [-0.25, -0.2) is 0 Å². The van der Waals surface area contributed by atoms with E-state index < -0.39 is 0 Å². The molecule has 102 valence electrons. The van der Waals surface area contributed by atoms with Gasteiger partial charge in [-0.2, -0.15) is 0 Å². The highest BCUT2D eigenvalue weighted by Crippen LogP contribution is 2.34. The first-order chi connectivity index (χ1) is 9.24. The average Bonchev–Trinajstić information content (AvgIpc) is 2.93. The molecule has 0 bridgehead atoms. The van der Waals surface area contributed by atoms with Crippen LogP contribution < -0.4 is 10.1 Å². The van der Waals surface area contributed by atoms with Gasteiger partial charge in [0.15, 0.2) is 0 Å². The maximum absolute atomic E-state index is 12.1. The molecule has 2 aliphatic rings. The van der Waals surface area contributed by atoms with Crippen LogP contribution in [0.4, 0.5) is 0 Å². The summed E-state index contributed by atoms with van der Waals surface area (Å²) < 4.78 is 11.0. The molecule has 1 aromatic rings. The minimum Gasteiger partial charge on any atom is -0.493 e. The van der Waals surface area contributed by atoms with Crippen molar-refractivity contribution in [2.75, 3.05) is 13.2 Å². The number of benzene rings is 1. The highest BCUT2D eigenvalue weighted by molar-refractivity contribution is 6.30. The fourth-order valence-electron chi connectivity index (χ4n) is 2.56. The normalized spacial score (nSPS) is 25.5. The van der Waals surface area contributed by atoms with Crippen molar-refractivity contribution in [3.05, 3.63) is 28.8 Å². The molecule has 1 aromatic carbocycles. The van der Waals surface area contributed by atoms with Crippen molar-refractivity contribution in [1.82, 2.24) is 5.32 Å². The molecule has 2 unspecified atom stereocenters. The van der Waals surface area contributed by atoms with Crippen LogP contribution in [0.3, 0.4) is 0 Å². The summed E-state index contributed by atoms with van der Waals surface area (Å²) in [5, 5.41) is 3.69. The lowest BCUT2D eigenvalue weighted by molar-refractivity contribution is -0.131. The molecule has 0 saturated carbocycles. The number of hydrogen-bond donors (Lipinski definition) is 1. The van der Waals surface area contributed by atoms with Crippen LogP contribution in [0.2, 0.25) is 5.02 Å². The van der Waals surface area contributed by atoms with Crippen LogP contribution in [0.25, 0.3) is 0 Å². The van der Waals surface area contributed by atoms with Crippen LogP contribution in [0.15, 0.2) is 18.2 Å². The summed E-state index contributed by atoms with van der Waals surface area (Å²) in [6.45, 7) is 1.28. The van der Waals surface area contributed by atoms with E-state index in [0.717, 1.165) is 30.6 Å². The molecular weight excluding hydrogens is 266 g/mol. The van der Waals surface area contributed by atoms with Crippen LogP contribution in [0.1, 0.15) is 30.9 Å². The second kappa shape index (κ2) is 5.39. The van der Waals surface area contributed by atoms with Crippen LogP contribution >= 0.6 is 11.6 Å². The molecule has 0 radical (unpaired) electrons. The summed E-state index contributed by atoms with van der Waals surface area (Å²) in [5.41, 5.74) is 0.949. The number of fused-ring (bicyclic) bond motifs is 1. The van der Waals surface area contributed by atoms with E-state index in [0.29, 0.717) is 18.2 Å². The van der Waals surface area contributed by atoms with Crippen molar-refractivity contribution in [2.45, 2.75) is 31.4 Å². The summed E-state index contributed by atoms with van der Waals surface area (Å²) >= 11 is 6.01. The topological polar surface area (TPSA) is 47.6 Å². The molecule has 1 N–H and O–H groups in total. The fourth-order valence-corrected chi connectivity index (χ4v) is 2.74. The van der Waals surface area contributed by atoms with Gasteiger partial charge in [0.05, 0.1) is 12.6 Å². The molecule has 1 amide bonds. The Morgan fingerprint density at radius 3 is 3.00 bits per heavy atom. The Morgan fingerprint density at radius 2 is 2.21 bits per heavy atom. The molecule has 2 aliphatic heterocycles. The average molecular weight is 282 g/mol. The van der Waals surface area contributed by atoms with Gasteiger partial charge in [-0.1, -0.05) is 11.6 Å². The smallest absolute Gasteiger partial charge is 0.249 e. The molecule has 3 rings (SSSR count). The van der Waals surface area contributed by atoms with Crippen LogP contribution in [-0.4, -0.2) is 25.2 Å². The molecule has 19 heavy (non-hydrogen) atoms. The molecule has 2 heterocycles. The Bertz CT molecular complexity index is 486. The number of ether oxygens (including phenoxy) is 2. The van der Waals surface area contributed by atoms with Gasteiger partial charge in [-0.3, -0.25) is 4.79 Å². The standard InChI is InChI=1S/C14H16ClNO3/c15-9-3-4-12-10(8-9)11(5-7-19-12)16-14(17)13-2-1-6-18-13/h3-4,8,11,13H,1-2,5-7H2,(H,16,17). The lowest BCUT2D eigenvalue weighted by Crippen LogP contribution is -2.38. The van der Waals surface area contributed by atoms with Crippen molar-refractivity contribution in [2.24, 2.45) is 0 Å². The van der Waals surface area contributed by atoms with Gasteiger partial charge in [-0.05, 0) is 31.0 Å². The zero-order chi connectivity index (χ0) is 13.2. The maximum atomic E-state index is 12.1. The van der Waals surface area contributed by atoms with Gasteiger partial charge in [0.1, 0.15) is 11.9 Å². The molecule has 0 aliphatic carbocycles. The van der Waals surface area contributed by atoms with Crippen LogP contribution in [0.5, 0.6) is 5.75 Å². The lowest BCUT2D eigenvalue weighted by atomic mass is 10.00. The van der Waals surface area contributed by atoms with E-state index in [2.05, 4.69) is 5.32 Å². The summed E-state index contributed by atoms with van der Waals surface area (Å²) in [6, 6.07) is 5.46. The lowest BCUT2D eigenvalue weighted by Gasteiger charge is -2.27. The minimum atomic E-state index is -0.300. The number of hydrogen-bond acceptors (Lipinski definition) is 3. The minimum absolute atomic E-state index is 0.0321. The van der Waals surface area contributed by atoms with Gasteiger partial charge in [0.25, 0.3) is 0 Å². The van der Waals surface area contributed by atoms with E-state index in [-0.39, 0.29) is 18.1 Å². The monoisotopic (exact) mass is 281 g/mol. The SMILES string of the molecule is O=C(NC1CCOc2ccc(Cl)cc21)C1CCCO1. The number of amides is 1. The summed E-state index contributed by atoms with van der Waals surface area (Å²) in [5.74, 6) is 0.767. The van der Waals surface area contributed by atoms with Crippen LogP contribution in [0, 0.1) is 0 Å². The van der Waals surface area contributed by atoms with E-state index in [4.69, 9.17) is 21.1 Å². The van der Waals surface area contributed by atoms with E-state index in [9.17, 15) is 4.79 Å². The van der Waals surface area contributed by atoms with Crippen molar-refractivity contribution < 1.29 is 14.3 Å². The first-order valence-corrected chi connectivity index (χ1v) is 6.96. The number of carbonyl (C=O) groups is 1. The van der Waals surface area contributed by atoms with Crippen LogP contribution in [-0.2, 0) is 9.53 Å².